The second-order valence-corrected chi connectivity index (χ2v) is 4.87. The summed E-state index contributed by atoms with van der Waals surface area (Å²) in [6.07, 6.45) is 0.819. The van der Waals surface area contributed by atoms with E-state index in [-0.39, 0.29) is 5.72 Å². The quantitative estimate of drug-likeness (QED) is 0.801. The Morgan fingerprint density at radius 2 is 2.12 bits per heavy atom. The predicted molar refractivity (Wildman–Crippen MR) is 63.3 cm³/mol. The van der Waals surface area contributed by atoms with Crippen molar-refractivity contribution in [3.05, 3.63) is 29.8 Å². The molecule has 0 bridgehead atoms. The first-order valence-corrected chi connectivity index (χ1v) is 5.74. The fourth-order valence-corrected chi connectivity index (χ4v) is 1.94. The van der Waals surface area contributed by atoms with E-state index in [2.05, 4.69) is 19.2 Å². The SMILES string of the molecule is CC1CNC(C)(Cc2ccc(O)cc2)OC1. The Bertz CT molecular complexity index is 339. The average Bonchev–Trinajstić information content (AvgIpc) is 2.27. The van der Waals surface area contributed by atoms with Crippen LogP contribution < -0.4 is 5.32 Å². The molecule has 1 aliphatic heterocycles. The molecule has 3 nitrogen and oxygen atoms in total. The third-order valence-corrected chi connectivity index (χ3v) is 2.99. The lowest BCUT2D eigenvalue weighted by Crippen LogP contribution is -2.53. The molecule has 1 fully saturated rings. The molecule has 2 unspecified atom stereocenters. The van der Waals surface area contributed by atoms with E-state index >= 15 is 0 Å². The van der Waals surface area contributed by atoms with Crippen LogP contribution in [0.5, 0.6) is 5.75 Å². The van der Waals surface area contributed by atoms with E-state index in [1.807, 2.05) is 12.1 Å². The van der Waals surface area contributed by atoms with Crippen molar-refractivity contribution in [2.45, 2.75) is 26.0 Å². The van der Waals surface area contributed by atoms with Crippen LogP contribution in [0, 0.1) is 5.92 Å². The number of hydrogen-bond acceptors (Lipinski definition) is 3. The summed E-state index contributed by atoms with van der Waals surface area (Å²) in [5.41, 5.74) is 0.895. The van der Waals surface area contributed by atoms with Crippen molar-refractivity contribution in [1.82, 2.24) is 5.32 Å². The molecule has 0 aliphatic carbocycles. The van der Waals surface area contributed by atoms with Crippen LogP contribution in [-0.2, 0) is 11.2 Å². The van der Waals surface area contributed by atoms with Crippen LogP contribution >= 0.6 is 0 Å². The largest absolute Gasteiger partial charge is 0.508 e. The highest BCUT2D eigenvalue weighted by Gasteiger charge is 2.29. The van der Waals surface area contributed by atoms with Gasteiger partial charge in [-0.05, 0) is 30.5 Å². The van der Waals surface area contributed by atoms with Crippen molar-refractivity contribution in [1.29, 1.82) is 0 Å². The van der Waals surface area contributed by atoms with Gasteiger partial charge in [-0.15, -0.1) is 0 Å². The van der Waals surface area contributed by atoms with E-state index < -0.39 is 0 Å². The first-order chi connectivity index (χ1) is 7.57. The Kier molecular flexibility index (Phi) is 3.17. The highest BCUT2D eigenvalue weighted by molar-refractivity contribution is 5.26. The minimum absolute atomic E-state index is 0.274. The van der Waals surface area contributed by atoms with Crippen LogP contribution in [0.1, 0.15) is 19.4 Å². The van der Waals surface area contributed by atoms with E-state index in [1.54, 1.807) is 12.1 Å². The number of phenols is 1. The van der Waals surface area contributed by atoms with Gasteiger partial charge in [0.25, 0.3) is 0 Å². The van der Waals surface area contributed by atoms with E-state index in [0.717, 1.165) is 19.6 Å². The smallest absolute Gasteiger partial charge is 0.120 e. The Labute approximate surface area is 96.4 Å². The maximum atomic E-state index is 9.21. The number of aromatic hydroxyl groups is 1. The molecule has 1 aromatic rings. The van der Waals surface area contributed by atoms with Gasteiger partial charge in [-0.25, -0.2) is 0 Å². The molecule has 0 saturated carbocycles. The molecule has 1 aliphatic rings. The van der Waals surface area contributed by atoms with E-state index in [0.29, 0.717) is 11.7 Å². The van der Waals surface area contributed by atoms with E-state index in [4.69, 9.17) is 4.74 Å². The molecule has 0 aromatic heterocycles. The maximum absolute atomic E-state index is 9.21. The zero-order valence-corrected chi connectivity index (χ0v) is 9.86. The molecule has 0 amide bonds. The number of phenolic OH excluding ortho intramolecular Hbond substituents is 1. The molecule has 1 saturated heterocycles. The van der Waals surface area contributed by atoms with Gasteiger partial charge in [0, 0.05) is 13.0 Å². The van der Waals surface area contributed by atoms with Crippen LogP contribution in [0.15, 0.2) is 24.3 Å². The van der Waals surface area contributed by atoms with Crippen molar-refractivity contribution in [3.63, 3.8) is 0 Å². The lowest BCUT2D eigenvalue weighted by molar-refractivity contribution is -0.0997. The second-order valence-electron chi connectivity index (χ2n) is 4.87. The van der Waals surface area contributed by atoms with Crippen LogP contribution in [0.2, 0.25) is 0 Å². The fourth-order valence-electron chi connectivity index (χ4n) is 1.94. The van der Waals surface area contributed by atoms with Crippen molar-refractivity contribution >= 4 is 0 Å². The molecule has 2 rings (SSSR count). The topological polar surface area (TPSA) is 41.5 Å². The lowest BCUT2D eigenvalue weighted by Gasteiger charge is -2.38. The Morgan fingerprint density at radius 1 is 1.44 bits per heavy atom. The van der Waals surface area contributed by atoms with Crippen molar-refractivity contribution < 1.29 is 9.84 Å². The zero-order valence-electron chi connectivity index (χ0n) is 9.86. The second kappa shape index (κ2) is 4.44. The maximum Gasteiger partial charge on any atom is 0.120 e. The van der Waals surface area contributed by atoms with Crippen LogP contribution in [0.3, 0.4) is 0 Å². The van der Waals surface area contributed by atoms with Gasteiger partial charge in [-0.3, -0.25) is 5.32 Å². The van der Waals surface area contributed by atoms with Crippen LogP contribution in [-0.4, -0.2) is 24.0 Å². The third kappa shape index (κ3) is 2.74. The Balaban J connectivity index is 2.00. The van der Waals surface area contributed by atoms with Gasteiger partial charge in [-0.2, -0.15) is 0 Å². The molecule has 16 heavy (non-hydrogen) atoms. The van der Waals surface area contributed by atoms with Crippen LogP contribution in [0.25, 0.3) is 0 Å². The monoisotopic (exact) mass is 221 g/mol. The summed E-state index contributed by atoms with van der Waals surface area (Å²) < 4.78 is 5.84. The van der Waals surface area contributed by atoms with E-state index in [1.165, 1.54) is 5.56 Å². The molecular formula is C13H19NO2. The van der Waals surface area contributed by atoms with E-state index in [9.17, 15) is 5.11 Å². The van der Waals surface area contributed by atoms with Gasteiger partial charge in [-0.1, -0.05) is 19.1 Å². The molecule has 0 radical (unpaired) electrons. The predicted octanol–water partition coefficient (Wildman–Crippen LogP) is 1.91. The normalized spacial score (nSPS) is 30.2. The standard InChI is InChI=1S/C13H19NO2/c1-10-8-14-13(2,16-9-10)7-11-3-5-12(15)6-4-11/h3-6,10,14-15H,7-9H2,1-2H3. The van der Waals surface area contributed by atoms with Gasteiger partial charge in [0.15, 0.2) is 0 Å². The van der Waals surface area contributed by atoms with Gasteiger partial charge in [0.1, 0.15) is 11.5 Å². The number of benzene rings is 1. The van der Waals surface area contributed by atoms with Crippen molar-refractivity contribution in [2.24, 2.45) is 5.92 Å². The molecule has 88 valence electrons. The van der Waals surface area contributed by atoms with Gasteiger partial charge >= 0.3 is 0 Å². The average molecular weight is 221 g/mol. The highest BCUT2D eigenvalue weighted by Crippen LogP contribution is 2.21. The minimum atomic E-state index is -0.274. The fraction of sp³-hybridized carbons (Fsp3) is 0.538. The first kappa shape index (κ1) is 11.4. The summed E-state index contributed by atoms with van der Waals surface area (Å²) in [4.78, 5) is 0. The summed E-state index contributed by atoms with van der Waals surface area (Å²) in [5, 5.41) is 12.6. The summed E-state index contributed by atoms with van der Waals surface area (Å²) in [6, 6.07) is 7.29. The Morgan fingerprint density at radius 3 is 2.69 bits per heavy atom. The lowest BCUT2D eigenvalue weighted by atomic mass is 10.0. The number of hydrogen-bond donors (Lipinski definition) is 2. The molecule has 0 spiro atoms. The molecule has 1 aromatic carbocycles. The number of ether oxygens (including phenoxy) is 1. The summed E-state index contributed by atoms with van der Waals surface area (Å²) in [7, 11) is 0. The van der Waals surface area contributed by atoms with Gasteiger partial charge < -0.3 is 9.84 Å². The van der Waals surface area contributed by atoms with Gasteiger partial charge in [0.05, 0.1) is 6.61 Å². The third-order valence-electron chi connectivity index (χ3n) is 2.99. The highest BCUT2D eigenvalue weighted by atomic mass is 16.5. The molecule has 2 N–H and O–H groups in total. The van der Waals surface area contributed by atoms with Crippen molar-refractivity contribution in [3.8, 4) is 5.75 Å². The van der Waals surface area contributed by atoms with Crippen LogP contribution in [0.4, 0.5) is 0 Å². The molecule has 1 heterocycles. The number of nitrogens with one attached hydrogen (secondary N) is 1. The minimum Gasteiger partial charge on any atom is -0.508 e. The molecular weight excluding hydrogens is 202 g/mol. The number of rotatable bonds is 2. The molecule has 3 heteroatoms. The summed E-state index contributed by atoms with van der Waals surface area (Å²) in [5.74, 6) is 0.882. The van der Waals surface area contributed by atoms with Gasteiger partial charge in [0.2, 0.25) is 0 Å². The van der Waals surface area contributed by atoms with Crippen molar-refractivity contribution in [2.75, 3.05) is 13.2 Å². The molecule has 2 atom stereocenters. The summed E-state index contributed by atoms with van der Waals surface area (Å²) in [6.45, 7) is 6.05. The summed E-state index contributed by atoms with van der Waals surface area (Å²) >= 11 is 0. The Hall–Kier alpha value is -1.06. The first-order valence-electron chi connectivity index (χ1n) is 5.74. The zero-order chi connectivity index (χ0) is 11.6.